The summed E-state index contributed by atoms with van der Waals surface area (Å²) in [5, 5.41) is 32.0. The Hall–Kier alpha value is -0.710. The molecule has 0 aromatic rings. The maximum atomic E-state index is 9.00. The van der Waals surface area contributed by atoms with Crippen molar-refractivity contribution in [2.45, 2.75) is 27.7 Å². The van der Waals surface area contributed by atoms with Crippen LogP contribution in [0.1, 0.15) is 27.7 Å². The van der Waals surface area contributed by atoms with E-state index in [1.165, 1.54) is 5.06 Å². The number of hydroxylamine groups is 2. The molecule has 0 atom stereocenters. The van der Waals surface area contributed by atoms with Crippen LogP contribution < -0.4 is 5.73 Å². The van der Waals surface area contributed by atoms with Crippen molar-refractivity contribution in [1.29, 1.82) is 0 Å². The fraction of sp³-hybridized carbons (Fsp3) is 0.700. The normalized spacial score (nSPS) is 7.35. The first-order chi connectivity index (χ1) is 8.50. The summed E-state index contributed by atoms with van der Waals surface area (Å²) in [6, 6.07) is 0. The quantitative estimate of drug-likeness (QED) is 0.334. The van der Waals surface area contributed by atoms with Gasteiger partial charge in [0.1, 0.15) is 0 Å². The molecule has 0 aliphatic rings. The predicted molar refractivity (Wildman–Crippen MR) is 75.2 cm³/mol. The summed E-state index contributed by atoms with van der Waals surface area (Å²) in [5.74, 6) is -2.50. The monoisotopic (exact) mass is 308 g/mol. The van der Waals surface area contributed by atoms with Gasteiger partial charge in [-0.2, -0.15) is 5.06 Å². The zero-order valence-electron chi connectivity index (χ0n) is 11.7. The molecule has 0 aromatic carbocycles. The summed E-state index contributed by atoms with van der Waals surface area (Å²) >= 11 is 0. The summed E-state index contributed by atoms with van der Waals surface area (Å²) in [4.78, 5) is 27.0. The number of aliphatic carboxylic acids is 3. The Balaban J connectivity index is -0.0000000512. The Kier molecular flexibility index (Phi) is 42.3. The van der Waals surface area contributed by atoms with Crippen LogP contribution in [-0.4, -0.2) is 92.7 Å². The fourth-order valence-corrected chi connectivity index (χ4v) is 0.307. The van der Waals surface area contributed by atoms with Crippen molar-refractivity contribution in [3.8, 4) is 0 Å². The average Bonchev–Trinajstić information content (AvgIpc) is 2.15. The Morgan fingerprint density at radius 1 is 0.950 bits per heavy atom. The van der Waals surface area contributed by atoms with Gasteiger partial charge in [-0.25, -0.2) is 0 Å². The number of carboxylic acid groups (broad SMARTS) is 3. The van der Waals surface area contributed by atoms with Gasteiger partial charge in [-0.05, 0) is 0 Å². The van der Waals surface area contributed by atoms with E-state index in [0.29, 0.717) is 19.6 Å². The van der Waals surface area contributed by atoms with Crippen molar-refractivity contribution in [2.24, 2.45) is 5.73 Å². The molecule has 0 saturated carbocycles. The Morgan fingerprint density at radius 2 is 1.15 bits per heavy atom. The number of nitrogens with two attached hydrogens (primary N) is 1. The number of hydrogen-bond acceptors (Lipinski definition) is 6. The molecule has 0 fully saturated rings. The first kappa shape index (κ1) is 31.6. The molecule has 0 aliphatic heterocycles. The minimum atomic E-state index is -0.833. The van der Waals surface area contributed by atoms with Gasteiger partial charge in [-0.15, -0.1) is 0 Å². The van der Waals surface area contributed by atoms with Gasteiger partial charge in [0.2, 0.25) is 0 Å². The van der Waals surface area contributed by atoms with E-state index in [-0.39, 0.29) is 29.6 Å². The zero-order chi connectivity index (χ0) is 16.4. The topological polar surface area (TPSA) is 161 Å². The first-order valence-corrected chi connectivity index (χ1v) is 5.23. The number of carbonyl (C=O) groups is 3. The second-order valence-electron chi connectivity index (χ2n) is 2.89. The number of nitrogens with zero attached hydrogens (tertiary/aromatic N) is 1. The number of likely N-dealkylation sites (N-methyl/N-ethyl adjacent to an activating group) is 1. The van der Waals surface area contributed by atoms with Gasteiger partial charge in [0.25, 0.3) is 17.9 Å². The van der Waals surface area contributed by atoms with Crippen LogP contribution in [-0.2, 0) is 14.4 Å². The molecule has 0 spiro atoms. The molecule has 0 bridgehead atoms. The van der Waals surface area contributed by atoms with Crippen molar-refractivity contribution >= 4 is 47.5 Å². The van der Waals surface area contributed by atoms with Gasteiger partial charge >= 0.3 is 29.6 Å². The summed E-state index contributed by atoms with van der Waals surface area (Å²) < 4.78 is 0. The molecule has 9 nitrogen and oxygen atoms in total. The summed E-state index contributed by atoms with van der Waals surface area (Å²) in [7, 11) is 0. The van der Waals surface area contributed by atoms with E-state index in [9.17, 15) is 0 Å². The molecular weight excluding hydrogens is 283 g/mol. The number of carboxylic acids is 3. The van der Waals surface area contributed by atoms with Gasteiger partial charge in [0.15, 0.2) is 0 Å². The number of hydrogen-bond donors (Lipinski definition) is 5. The third kappa shape index (κ3) is 249. The van der Waals surface area contributed by atoms with Crippen molar-refractivity contribution in [1.82, 2.24) is 5.06 Å². The summed E-state index contributed by atoms with van der Waals surface area (Å²) in [6.45, 7) is 6.85. The Morgan fingerprint density at radius 3 is 1.20 bits per heavy atom. The Bertz CT molecular complexity index is 199. The van der Waals surface area contributed by atoms with Gasteiger partial charge in [-0.1, -0.05) is 6.92 Å². The van der Waals surface area contributed by atoms with Gasteiger partial charge in [0.05, 0.1) is 0 Å². The molecule has 6 N–H and O–H groups in total. The Labute approximate surface area is 140 Å². The molecule has 0 amide bonds. The molecule has 0 aromatic heterocycles. The molecule has 118 valence electrons. The van der Waals surface area contributed by atoms with Crippen LogP contribution in [0.4, 0.5) is 0 Å². The fourth-order valence-electron chi connectivity index (χ4n) is 0.307. The van der Waals surface area contributed by atoms with E-state index in [1.54, 1.807) is 0 Å². The van der Waals surface area contributed by atoms with Crippen molar-refractivity contribution < 1.29 is 34.9 Å². The molecule has 20 heavy (non-hydrogen) atoms. The van der Waals surface area contributed by atoms with E-state index in [0.717, 1.165) is 20.8 Å². The molecule has 10 heteroatoms. The van der Waals surface area contributed by atoms with Gasteiger partial charge in [0, 0.05) is 40.4 Å². The zero-order valence-corrected chi connectivity index (χ0v) is 11.7. The average molecular weight is 308 g/mol. The van der Waals surface area contributed by atoms with E-state index >= 15 is 0 Å². The van der Waals surface area contributed by atoms with Crippen LogP contribution in [0.15, 0.2) is 0 Å². The second kappa shape index (κ2) is 26.8. The van der Waals surface area contributed by atoms with Crippen molar-refractivity contribution in [3.63, 3.8) is 0 Å². The van der Waals surface area contributed by atoms with Crippen LogP contribution in [0.25, 0.3) is 0 Å². The van der Waals surface area contributed by atoms with E-state index < -0.39 is 17.9 Å². The summed E-state index contributed by atoms with van der Waals surface area (Å²) in [6.07, 6.45) is 0. The third-order valence-electron chi connectivity index (χ3n) is 0.752. The third-order valence-corrected chi connectivity index (χ3v) is 0.752. The summed E-state index contributed by atoms with van der Waals surface area (Å²) in [5.41, 5.74) is 5.10. The molecule has 0 saturated heterocycles. The van der Waals surface area contributed by atoms with Crippen LogP contribution in [0.3, 0.4) is 0 Å². The van der Waals surface area contributed by atoms with Gasteiger partial charge in [-0.3, -0.25) is 14.4 Å². The van der Waals surface area contributed by atoms with E-state index in [2.05, 4.69) is 0 Å². The molecule has 0 radical (unpaired) electrons. The molecule has 0 rings (SSSR count). The predicted octanol–water partition coefficient (Wildman–Crippen LogP) is -0.720. The van der Waals surface area contributed by atoms with E-state index in [4.69, 9.17) is 40.6 Å². The van der Waals surface area contributed by atoms with Gasteiger partial charge < -0.3 is 26.3 Å². The van der Waals surface area contributed by atoms with Crippen LogP contribution in [0.2, 0.25) is 0 Å². The van der Waals surface area contributed by atoms with Crippen LogP contribution in [0.5, 0.6) is 0 Å². The molecular formula is C10H25N2NaO7. The molecule has 0 heterocycles. The van der Waals surface area contributed by atoms with Crippen LogP contribution in [0, 0.1) is 0 Å². The van der Waals surface area contributed by atoms with Crippen LogP contribution >= 0.6 is 0 Å². The second-order valence-corrected chi connectivity index (χ2v) is 2.89. The first-order valence-electron chi connectivity index (χ1n) is 5.23. The van der Waals surface area contributed by atoms with E-state index in [1.807, 2.05) is 6.92 Å². The molecule has 0 unspecified atom stereocenters. The number of rotatable bonds is 3. The SMILES string of the molecule is CC(=O)O.CC(=O)O.CC(=O)O.CCN(O)CCN.[NaH]. The molecule has 0 aliphatic carbocycles. The van der Waals surface area contributed by atoms with Crippen molar-refractivity contribution in [2.75, 3.05) is 19.6 Å². The maximum absolute atomic E-state index is 9.00. The van der Waals surface area contributed by atoms with Crippen molar-refractivity contribution in [3.05, 3.63) is 0 Å². The standard InChI is InChI=1S/C4H12N2O.3C2H4O2.Na.H/c1-2-6(7)4-3-5;3*1-2(3)4;;/h7H,2-5H2,1H3;3*1H3,(H,3,4);;. The minimum absolute atomic E-state index is 0.